The average molecular weight is 239 g/mol. The van der Waals surface area contributed by atoms with E-state index in [-0.39, 0.29) is 11.9 Å². The summed E-state index contributed by atoms with van der Waals surface area (Å²) in [5.41, 5.74) is 0. The second-order valence-corrected chi connectivity index (χ2v) is 5.29. The highest BCUT2D eigenvalue weighted by atomic mass is 16.2. The van der Waals surface area contributed by atoms with Gasteiger partial charge in [0, 0.05) is 19.6 Å². The van der Waals surface area contributed by atoms with Gasteiger partial charge < -0.3 is 10.2 Å². The van der Waals surface area contributed by atoms with E-state index in [1.807, 2.05) is 11.9 Å². The van der Waals surface area contributed by atoms with Crippen LogP contribution < -0.4 is 5.32 Å². The summed E-state index contributed by atoms with van der Waals surface area (Å²) in [5.74, 6) is 0.283. The van der Waals surface area contributed by atoms with Crippen LogP contribution in [-0.4, -0.2) is 61.0 Å². The van der Waals surface area contributed by atoms with Crippen molar-refractivity contribution in [2.24, 2.45) is 0 Å². The Bertz CT molecular complexity index is 263. The number of carbonyl (C=O) groups excluding carboxylic acids is 1. The maximum Gasteiger partial charge on any atom is 0.239 e. The Hall–Kier alpha value is -0.610. The first-order chi connectivity index (χ1) is 8.22. The summed E-state index contributed by atoms with van der Waals surface area (Å²) in [7, 11) is 1.95. The quantitative estimate of drug-likeness (QED) is 0.784. The summed E-state index contributed by atoms with van der Waals surface area (Å²) in [6, 6.07) is 0.659. The van der Waals surface area contributed by atoms with Crippen molar-refractivity contribution in [1.29, 1.82) is 0 Å². The fraction of sp³-hybridized carbons (Fsp3) is 0.923. The van der Waals surface area contributed by atoms with E-state index in [2.05, 4.69) is 17.1 Å². The van der Waals surface area contributed by atoms with E-state index in [1.165, 1.54) is 19.4 Å². The molecule has 2 aliphatic rings. The van der Waals surface area contributed by atoms with E-state index in [0.29, 0.717) is 6.04 Å². The smallest absolute Gasteiger partial charge is 0.239 e. The third-order valence-electron chi connectivity index (χ3n) is 4.12. The lowest BCUT2D eigenvalue weighted by Gasteiger charge is -2.29. The van der Waals surface area contributed by atoms with Crippen molar-refractivity contribution < 1.29 is 4.79 Å². The van der Waals surface area contributed by atoms with Crippen molar-refractivity contribution in [2.75, 3.05) is 33.2 Å². The van der Waals surface area contributed by atoms with Gasteiger partial charge in [-0.15, -0.1) is 0 Å². The maximum absolute atomic E-state index is 12.2. The van der Waals surface area contributed by atoms with Crippen LogP contribution in [0.5, 0.6) is 0 Å². The zero-order chi connectivity index (χ0) is 12.3. The third kappa shape index (κ3) is 2.99. The van der Waals surface area contributed by atoms with Gasteiger partial charge in [-0.25, -0.2) is 0 Å². The molecule has 2 rings (SSSR count). The Labute approximate surface area is 104 Å². The lowest BCUT2D eigenvalue weighted by atomic mass is 10.1. The predicted molar refractivity (Wildman–Crippen MR) is 68.9 cm³/mol. The first-order valence-electron chi connectivity index (χ1n) is 6.94. The normalized spacial score (nSPS) is 29.8. The molecular weight excluding hydrogens is 214 g/mol. The summed E-state index contributed by atoms with van der Waals surface area (Å²) in [5, 5.41) is 3.28. The van der Waals surface area contributed by atoms with Gasteiger partial charge in [-0.05, 0) is 45.3 Å². The van der Waals surface area contributed by atoms with Crippen LogP contribution in [0.3, 0.4) is 0 Å². The van der Waals surface area contributed by atoms with Gasteiger partial charge in [-0.2, -0.15) is 0 Å². The number of carbonyl (C=O) groups is 1. The Kier molecular flexibility index (Phi) is 4.40. The minimum Gasteiger partial charge on any atom is -0.343 e. The molecule has 17 heavy (non-hydrogen) atoms. The molecule has 1 N–H and O–H groups in total. The minimum atomic E-state index is 0.0801. The van der Waals surface area contributed by atoms with E-state index in [4.69, 9.17) is 0 Å². The molecule has 2 atom stereocenters. The zero-order valence-electron chi connectivity index (χ0n) is 11.1. The van der Waals surface area contributed by atoms with E-state index in [0.717, 1.165) is 32.5 Å². The number of likely N-dealkylation sites (N-methyl/N-ethyl adjacent to an activating group) is 2. The highest BCUT2D eigenvalue weighted by Crippen LogP contribution is 2.18. The molecular formula is C13H25N3O. The molecule has 4 heteroatoms. The zero-order valence-corrected chi connectivity index (χ0v) is 11.1. The SMILES string of the molecule is CCN1CCCC1CN(C)C(=O)C1CCCN1. The van der Waals surface area contributed by atoms with Crippen molar-refractivity contribution in [3.05, 3.63) is 0 Å². The maximum atomic E-state index is 12.2. The number of rotatable bonds is 4. The van der Waals surface area contributed by atoms with Crippen LogP contribution in [0.25, 0.3) is 0 Å². The molecule has 2 saturated heterocycles. The van der Waals surface area contributed by atoms with Crippen LogP contribution in [0.1, 0.15) is 32.6 Å². The second kappa shape index (κ2) is 5.83. The van der Waals surface area contributed by atoms with Crippen LogP contribution in [0.2, 0.25) is 0 Å². The molecule has 0 aromatic heterocycles. The van der Waals surface area contributed by atoms with Gasteiger partial charge in [-0.1, -0.05) is 6.92 Å². The van der Waals surface area contributed by atoms with Gasteiger partial charge in [0.15, 0.2) is 0 Å². The number of likely N-dealkylation sites (tertiary alicyclic amines) is 1. The van der Waals surface area contributed by atoms with Gasteiger partial charge in [0.05, 0.1) is 6.04 Å². The highest BCUT2D eigenvalue weighted by Gasteiger charge is 2.29. The number of hydrogen-bond donors (Lipinski definition) is 1. The summed E-state index contributed by atoms with van der Waals surface area (Å²) < 4.78 is 0. The van der Waals surface area contributed by atoms with Gasteiger partial charge >= 0.3 is 0 Å². The number of amides is 1. The van der Waals surface area contributed by atoms with Crippen molar-refractivity contribution in [2.45, 2.75) is 44.7 Å². The molecule has 0 bridgehead atoms. The molecule has 2 fully saturated rings. The van der Waals surface area contributed by atoms with Gasteiger partial charge in [0.25, 0.3) is 0 Å². The largest absolute Gasteiger partial charge is 0.343 e. The minimum absolute atomic E-state index is 0.0801. The number of nitrogens with one attached hydrogen (secondary N) is 1. The van der Waals surface area contributed by atoms with E-state index < -0.39 is 0 Å². The van der Waals surface area contributed by atoms with Crippen molar-refractivity contribution in [3.63, 3.8) is 0 Å². The Balaban J connectivity index is 1.83. The van der Waals surface area contributed by atoms with Crippen LogP contribution in [0.15, 0.2) is 0 Å². The molecule has 0 spiro atoms. The van der Waals surface area contributed by atoms with Crippen molar-refractivity contribution >= 4 is 5.91 Å². The molecule has 1 amide bonds. The lowest BCUT2D eigenvalue weighted by Crippen LogP contribution is -2.47. The Morgan fingerprint density at radius 2 is 2.24 bits per heavy atom. The Morgan fingerprint density at radius 1 is 1.41 bits per heavy atom. The molecule has 0 aromatic carbocycles. The summed E-state index contributed by atoms with van der Waals surface area (Å²) >= 11 is 0. The third-order valence-corrected chi connectivity index (χ3v) is 4.12. The highest BCUT2D eigenvalue weighted by molar-refractivity contribution is 5.82. The van der Waals surface area contributed by atoms with Crippen LogP contribution in [-0.2, 0) is 4.79 Å². The lowest BCUT2D eigenvalue weighted by molar-refractivity contribution is -0.132. The summed E-state index contributed by atoms with van der Waals surface area (Å²) in [6.45, 7) is 6.40. The molecule has 2 aliphatic heterocycles. The first kappa shape index (κ1) is 12.8. The van der Waals surface area contributed by atoms with E-state index in [1.54, 1.807) is 0 Å². The fourth-order valence-corrected chi connectivity index (χ4v) is 3.09. The van der Waals surface area contributed by atoms with Crippen molar-refractivity contribution in [1.82, 2.24) is 15.1 Å². The molecule has 0 aliphatic carbocycles. The molecule has 98 valence electrons. The van der Waals surface area contributed by atoms with E-state index >= 15 is 0 Å². The summed E-state index contributed by atoms with van der Waals surface area (Å²) in [6.07, 6.45) is 4.66. The monoisotopic (exact) mass is 239 g/mol. The number of nitrogens with zero attached hydrogens (tertiary/aromatic N) is 2. The summed E-state index contributed by atoms with van der Waals surface area (Å²) in [4.78, 5) is 16.6. The predicted octanol–water partition coefficient (Wildman–Crippen LogP) is 0.681. The topological polar surface area (TPSA) is 35.6 Å². The van der Waals surface area contributed by atoms with Crippen molar-refractivity contribution in [3.8, 4) is 0 Å². The van der Waals surface area contributed by atoms with Gasteiger partial charge in [0.2, 0.25) is 5.91 Å². The average Bonchev–Trinajstić information content (AvgIpc) is 2.98. The molecule has 0 saturated carbocycles. The first-order valence-corrected chi connectivity index (χ1v) is 6.94. The van der Waals surface area contributed by atoms with Gasteiger partial charge in [-0.3, -0.25) is 9.69 Å². The van der Waals surface area contributed by atoms with Crippen LogP contribution in [0, 0.1) is 0 Å². The molecule has 2 unspecified atom stereocenters. The number of hydrogen-bond acceptors (Lipinski definition) is 3. The van der Waals surface area contributed by atoms with Gasteiger partial charge in [0.1, 0.15) is 0 Å². The molecule has 0 aromatic rings. The molecule has 0 radical (unpaired) electrons. The second-order valence-electron chi connectivity index (χ2n) is 5.29. The molecule has 4 nitrogen and oxygen atoms in total. The standard InChI is InChI=1S/C13H25N3O/c1-3-16-9-5-6-11(16)10-15(2)13(17)12-7-4-8-14-12/h11-12,14H,3-10H2,1-2H3. The molecule has 2 heterocycles. The Morgan fingerprint density at radius 3 is 2.88 bits per heavy atom. The van der Waals surface area contributed by atoms with Crippen LogP contribution in [0.4, 0.5) is 0 Å². The van der Waals surface area contributed by atoms with Crippen LogP contribution >= 0.6 is 0 Å². The van der Waals surface area contributed by atoms with E-state index in [9.17, 15) is 4.79 Å². The fourth-order valence-electron chi connectivity index (χ4n) is 3.09.